The topological polar surface area (TPSA) is 21.3 Å². The zero-order valence-corrected chi connectivity index (χ0v) is 9.92. The number of halogens is 1. The van der Waals surface area contributed by atoms with Crippen LogP contribution in [0.25, 0.3) is 0 Å². The zero-order valence-electron chi connectivity index (χ0n) is 9.92. The molecule has 2 aliphatic heterocycles. The molecule has 3 heteroatoms. The van der Waals surface area contributed by atoms with Crippen molar-refractivity contribution < 1.29 is 9.13 Å². The van der Waals surface area contributed by atoms with Crippen LogP contribution in [0.3, 0.4) is 0 Å². The molecule has 1 aromatic carbocycles. The molecule has 2 saturated heterocycles. The molecule has 1 unspecified atom stereocenters. The summed E-state index contributed by atoms with van der Waals surface area (Å²) in [7, 11) is 0. The predicted octanol–water partition coefficient (Wildman–Crippen LogP) is 2.31. The van der Waals surface area contributed by atoms with E-state index in [-0.39, 0.29) is 5.82 Å². The molecule has 2 aliphatic rings. The van der Waals surface area contributed by atoms with Crippen LogP contribution in [-0.4, -0.2) is 26.3 Å². The molecule has 1 N–H and O–H groups in total. The average Bonchev–Trinajstić information content (AvgIpc) is 2.75. The maximum Gasteiger partial charge on any atom is 0.123 e. The normalized spacial score (nSPS) is 27.5. The molecule has 92 valence electrons. The van der Waals surface area contributed by atoms with Gasteiger partial charge in [-0.3, -0.25) is 0 Å². The van der Waals surface area contributed by atoms with E-state index in [1.165, 1.54) is 5.56 Å². The van der Waals surface area contributed by atoms with Gasteiger partial charge in [-0.15, -0.1) is 0 Å². The summed E-state index contributed by atoms with van der Waals surface area (Å²) >= 11 is 0. The molecule has 0 aromatic heterocycles. The Hall–Kier alpha value is -0.930. The first-order valence-corrected chi connectivity index (χ1v) is 6.34. The number of ether oxygens (including phenoxy) is 1. The summed E-state index contributed by atoms with van der Waals surface area (Å²) in [6, 6.07) is 7.01. The monoisotopic (exact) mass is 235 g/mol. The highest BCUT2D eigenvalue weighted by atomic mass is 19.1. The van der Waals surface area contributed by atoms with E-state index in [0.717, 1.165) is 39.1 Å². The summed E-state index contributed by atoms with van der Waals surface area (Å²) in [5.74, 6) is 0.354. The third-order valence-electron chi connectivity index (χ3n) is 4.33. The highest BCUT2D eigenvalue weighted by Crippen LogP contribution is 2.46. The first-order chi connectivity index (χ1) is 8.30. The van der Waals surface area contributed by atoms with Crippen molar-refractivity contribution in [2.24, 2.45) is 5.41 Å². The van der Waals surface area contributed by atoms with Gasteiger partial charge < -0.3 is 10.1 Å². The lowest BCUT2D eigenvalue weighted by Crippen LogP contribution is -2.35. The SMILES string of the molecule is Fc1ccc(C2CNCC23CCOCC3)cc1. The lowest BCUT2D eigenvalue weighted by Gasteiger charge is -2.38. The molecule has 0 amide bonds. The summed E-state index contributed by atoms with van der Waals surface area (Å²) in [4.78, 5) is 0. The molecule has 17 heavy (non-hydrogen) atoms. The second-order valence-corrected chi connectivity index (χ2v) is 5.21. The molecule has 1 spiro atoms. The third-order valence-corrected chi connectivity index (χ3v) is 4.33. The summed E-state index contributed by atoms with van der Waals surface area (Å²) < 4.78 is 18.4. The maximum atomic E-state index is 13.0. The molecular formula is C14H18FNO. The fourth-order valence-electron chi connectivity index (χ4n) is 3.27. The van der Waals surface area contributed by atoms with Crippen LogP contribution in [0.15, 0.2) is 24.3 Å². The van der Waals surface area contributed by atoms with Crippen molar-refractivity contribution in [3.8, 4) is 0 Å². The van der Waals surface area contributed by atoms with Crippen LogP contribution in [0, 0.1) is 11.2 Å². The number of rotatable bonds is 1. The molecule has 0 radical (unpaired) electrons. The number of nitrogens with one attached hydrogen (secondary N) is 1. The fourth-order valence-corrected chi connectivity index (χ4v) is 3.27. The lowest BCUT2D eigenvalue weighted by molar-refractivity contribution is 0.0165. The smallest absolute Gasteiger partial charge is 0.123 e. The minimum atomic E-state index is -0.152. The van der Waals surface area contributed by atoms with Gasteiger partial charge in [-0.1, -0.05) is 12.1 Å². The Labute approximate surface area is 101 Å². The van der Waals surface area contributed by atoms with Crippen LogP contribution in [-0.2, 0) is 4.74 Å². The molecule has 1 atom stereocenters. The van der Waals surface area contributed by atoms with Crippen molar-refractivity contribution in [2.45, 2.75) is 18.8 Å². The van der Waals surface area contributed by atoms with Gasteiger partial charge >= 0.3 is 0 Å². The summed E-state index contributed by atoms with van der Waals surface area (Å²) in [5, 5.41) is 3.50. The molecule has 0 aliphatic carbocycles. The van der Waals surface area contributed by atoms with Crippen molar-refractivity contribution in [1.82, 2.24) is 5.32 Å². The van der Waals surface area contributed by atoms with Gasteiger partial charge in [0.15, 0.2) is 0 Å². The first-order valence-electron chi connectivity index (χ1n) is 6.34. The van der Waals surface area contributed by atoms with Gasteiger partial charge in [0, 0.05) is 32.2 Å². The molecular weight excluding hydrogens is 217 g/mol. The predicted molar refractivity (Wildman–Crippen MR) is 64.5 cm³/mol. The van der Waals surface area contributed by atoms with E-state index in [1.807, 2.05) is 12.1 Å². The van der Waals surface area contributed by atoms with Gasteiger partial charge in [0.25, 0.3) is 0 Å². The van der Waals surface area contributed by atoms with E-state index in [0.29, 0.717) is 11.3 Å². The second kappa shape index (κ2) is 4.39. The molecule has 2 nitrogen and oxygen atoms in total. The second-order valence-electron chi connectivity index (χ2n) is 5.21. The molecule has 1 aromatic rings. The van der Waals surface area contributed by atoms with E-state index in [1.54, 1.807) is 12.1 Å². The first kappa shape index (κ1) is 11.2. The Morgan fingerprint density at radius 3 is 2.59 bits per heavy atom. The van der Waals surface area contributed by atoms with Crippen LogP contribution < -0.4 is 5.32 Å². The van der Waals surface area contributed by atoms with Crippen molar-refractivity contribution in [2.75, 3.05) is 26.3 Å². The minimum absolute atomic E-state index is 0.152. The number of hydrogen-bond acceptors (Lipinski definition) is 2. The van der Waals surface area contributed by atoms with E-state index in [4.69, 9.17) is 4.74 Å². The van der Waals surface area contributed by atoms with Crippen molar-refractivity contribution in [3.05, 3.63) is 35.6 Å². The molecule has 0 bridgehead atoms. The van der Waals surface area contributed by atoms with Crippen LogP contribution in [0.2, 0.25) is 0 Å². The van der Waals surface area contributed by atoms with Crippen LogP contribution in [0.5, 0.6) is 0 Å². The van der Waals surface area contributed by atoms with Gasteiger partial charge in [0.1, 0.15) is 5.82 Å². The highest BCUT2D eigenvalue weighted by Gasteiger charge is 2.44. The quantitative estimate of drug-likeness (QED) is 0.806. The lowest BCUT2D eigenvalue weighted by atomic mass is 9.69. The highest BCUT2D eigenvalue weighted by molar-refractivity contribution is 5.25. The Kier molecular flexibility index (Phi) is 2.89. The van der Waals surface area contributed by atoms with Crippen LogP contribution in [0.1, 0.15) is 24.3 Å². The van der Waals surface area contributed by atoms with Crippen molar-refractivity contribution >= 4 is 0 Å². The molecule has 2 heterocycles. The maximum absolute atomic E-state index is 13.0. The van der Waals surface area contributed by atoms with E-state index in [9.17, 15) is 4.39 Å². The molecule has 0 saturated carbocycles. The number of benzene rings is 1. The third kappa shape index (κ3) is 1.98. The van der Waals surface area contributed by atoms with Gasteiger partial charge in [-0.05, 0) is 36.0 Å². The number of hydrogen-bond donors (Lipinski definition) is 1. The Bertz CT molecular complexity index is 384. The van der Waals surface area contributed by atoms with Gasteiger partial charge in [-0.25, -0.2) is 4.39 Å². The van der Waals surface area contributed by atoms with Crippen molar-refractivity contribution in [3.63, 3.8) is 0 Å². The fraction of sp³-hybridized carbons (Fsp3) is 0.571. The summed E-state index contributed by atoms with van der Waals surface area (Å²) in [6.07, 6.45) is 2.23. The Morgan fingerprint density at radius 1 is 1.18 bits per heavy atom. The van der Waals surface area contributed by atoms with Gasteiger partial charge in [0.05, 0.1) is 0 Å². The van der Waals surface area contributed by atoms with Crippen molar-refractivity contribution in [1.29, 1.82) is 0 Å². The molecule has 3 rings (SSSR count). The van der Waals surface area contributed by atoms with Crippen LogP contribution >= 0.6 is 0 Å². The largest absolute Gasteiger partial charge is 0.381 e. The summed E-state index contributed by atoms with van der Waals surface area (Å²) in [6.45, 7) is 3.79. The minimum Gasteiger partial charge on any atom is -0.381 e. The van der Waals surface area contributed by atoms with Gasteiger partial charge in [0.2, 0.25) is 0 Å². The standard InChI is InChI=1S/C14H18FNO/c15-12-3-1-11(2-4-12)13-9-16-10-14(13)5-7-17-8-6-14/h1-4,13,16H,5-10H2. The van der Waals surface area contributed by atoms with Crippen LogP contribution in [0.4, 0.5) is 4.39 Å². The van der Waals surface area contributed by atoms with Gasteiger partial charge in [-0.2, -0.15) is 0 Å². The summed E-state index contributed by atoms with van der Waals surface area (Å²) in [5.41, 5.74) is 1.59. The Morgan fingerprint density at radius 2 is 1.88 bits per heavy atom. The molecule has 2 fully saturated rings. The Balaban J connectivity index is 1.88. The van der Waals surface area contributed by atoms with E-state index < -0.39 is 0 Å². The zero-order chi connectivity index (χ0) is 11.7. The average molecular weight is 235 g/mol. The van der Waals surface area contributed by atoms with E-state index in [2.05, 4.69) is 5.32 Å². The van der Waals surface area contributed by atoms with E-state index >= 15 is 0 Å².